The molecular weight excluding hydrogens is 140 g/mol. The van der Waals surface area contributed by atoms with E-state index in [0.717, 1.165) is 0 Å². The molecule has 54 valence electrons. The second kappa shape index (κ2) is 2.88. The monoisotopic (exact) mass is 150 g/mol. The van der Waals surface area contributed by atoms with Gasteiger partial charge in [0.25, 0.3) is 0 Å². The lowest BCUT2D eigenvalue weighted by Crippen LogP contribution is -2.20. The molecule has 1 heterocycles. The van der Waals surface area contributed by atoms with Crippen molar-refractivity contribution in [2.45, 2.75) is 23.2 Å². The van der Waals surface area contributed by atoms with Crippen molar-refractivity contribution in [3.8, 4) is 0 Å². The van der Waals surface area contributed by atoms with Crippen molar-refractivity contribution in [1.82, 2.24) is 0 Å². The van der Waals surface area contributed by atoms with Crippen molar-refractivity contribution in [2.24, 2.45) is 0 Å². The zero-order valence-electron chi connectivity index (χ0n) is 4.90. The molecule has 3 atom stereocenters. The second-order valence-corrected chi connectivity index (χ2v) is 3.54. The first-order chi connectivity index (χ1) is 4.24. The van der Waals surface area contributed by atoms with Crippen LogP contribution in [0.4, 0.5) is 0 Å². The van der Waals surface area contributed by atoms with Crippen LogP contribution in [-0.2, 0) is 0 Å². The number of hydrogen-bond acceptors (Lipinski definition) is 4. The van der Waals surface area contributed by atoms with Crippen LogP contribution < -0.4 is 0 Å². The fraction of sp³-hybridized carbons (Fsp3) is 1.00. The molecule has 3 N–H and O–H groups in total. The van der Waals surface area contributed by atoms with E-state index >= 15 is 0 Å². The van der Waals surface area contributed by atoms with Crippen LogP contribution in [0.15, 0.2) is 0 Å². The Bertz CT molecular complexity index is 98.2. The molecule has 0 aromatic carbocycles. The highest BCUT2D eigenvalue weighted by molar-refractivity contribution is 8.00. The summed E-state index contributed by atoms with van der Waals surface area (Å²) in [6.07, 6.45) is -0.148. The fourth-order valence-corrected chi connectivity index (χ4v) is 1.96. The summed E-state index contributed by atoms with van der Waals surface area (Å²) in [4.78, 5) is 0. The van der Waals surface area contributed by atoms with Crippen molar-refractivity contribution in [2.75, 3.05) is 6.61 Å². The van der Waals surface area contributed by atoms with Gasteiger partial charge in [0.2, 0.25) is 0 Å². The third-order valence-corrected chi connectivity index (χ3v) is 2.70. The van der Waals surface area contributed by atoms with E-state index in [1.54, 1.807) is 0 Å². The lowest BCUT2D eigenvalue weighted by atomic mass is 10.2. The third-order valence-electron chi connectivity index (χ3n) is 1.38. The summed E-state index contributed by atoms with van der Waals surface area (Å²) in [7, 11) is 0. The Morgan fingerprint density at radius 2 is 2.11 bits per heavy atom. The van der Waals surface area contributed by atoms with Gasteiger partial charge in [-0.2, -0.15) is 0 Å². The van der Waals surface area contributed by atoms with E-state index in [2.05, 4.69) is 0 Å². The van der Waals surface area contributed by atoms with Crippen LogP contribution in [0.1, 0.15) is 6.42 Å². The minimum absolute atomic E-state index is 0.0527. The third kappa shape index (κ3) is 1.58. The van der Waals surface area contributed by atoms with Gasteiger partial charge in [0.05, 0.1) is 18.0 Å². The summed E-state index contributed by atoms with van der Waals surface area (Å²) < 4.78 is 0. The Morgan fingerprint density at radius 1 is 1.44 bits per heavy atom. The maximum Gasteiger partial charge on any atom is 0.102 e. The molecule has 0 aromatic heterocycles. The minimum atomic E-state index is -0.532. The number of hydrogen-bond donors (Lipinski definition) is 3. The first kappa shape index (κ1) is 7.34. The molecule has 0 saturated carbocycles. The van der Waals surface area contributed by atoms with Gasteiger partial charge in [-0.3, -0.25) is 0 Å². The quantitative estimate of drug-likeness (QED) is 0.456. The molecule has 0 unspecified atom stereocenters. The van der Waals surface area contributed by atoms with E-state index in [1.165, 1.54) is 11.8 Å². The molecule has 0 amide bonds. The van der Waals surface area contributed by atoms with Gasteiger partial charge in [0, 0.05) is 6.42 Å². The highest BCUT2D eigenvalue weighted by Crippen LogP contribution is 2.31. The first-order valence-electron chi connectivity index (χ1n) is 2.86. The predicted octanol–water partition coefficient (Wildman–Crippen LogP) is -0.837. The van der Waals surface area contributed by atoms with Crippen molar-refractivity contribution in [1.29, 1.82) is 0 Å². The van der Waals surface area contributed by atoms with Crippen molar-refractivity contribution < 1.29 is 15.3 Å². The second-order valence-electron chi connectivity index (χ2n) is 2.11. The van der Waals surface area contributed by atoms with Gasteiger partial charge < -0.3 is 15.3 Å². The molecule has 0 spiro atoms. The van der Waals surface area contributed by atoms with E-state index in [-0.39, 0.29) is 11.9 Å². The van der Waals surface area contributed by atoms with E-state index in [4.69, 9.17) is 15.3 Å². The molecule has 0 radical (unpaired) electrons. The van der Waals surface area contributed by atoms with E-state index in [0.29, 0.717) is 6.42 Å². The molecule has 0 aliphatic carbocycles. The van der Waals surface area contributed by atoms with Gasteiger partial charge in [0.15, 0.2) is 0 Å². The van der Waals surface area contributed by atoms with Crippen molar-refractivity contribution in [3.63, 3.8) is 0 Å². The van der Waals surface area contributed by atoms with Gasteiger partial charge in [-0.05, 0) is 0 Å². The Labute approximate surface area is 57.7 Å². The summed E-state index contributed by atoms with van der Waals surface area (Å²) in [5.74, 6) is 0. The lowest BCUT2D eigenvalue weighted by molar-refractivity contribution is 0.118. The van der Waals surface area contributed by atoms with Gasteiger partial charge in [0.1, 0.15) is 5.44 Å². The van der Waals surface area contributed by atoms with Crippen LogP contribution in [0.3, 0.4) is 0 Å². The van der Waals surface area contributed by atoms with Crippen molar-refractivity contribution in [3.05, 3.63) is 0 Å². The number of rotatable bonds is 1. The van der Waals surface area contributed by atoms with Gasteiger partial charge in [-0.25, -0.2) is 0 Å². The molecule has 4 heteroatoms. The maximum atomic E-state index is 9.02. The highest BCUT2D eigenvalue weighted by atomic mass is 32.2. The van der Waals surface area contributed by atoms with Crippen LogP contribution in [0.25, 0.3) is 0 Å². The molecule has 9 heavy (non-hydrogen) atoms. The molecule has 1 aliphatic rings. The predicted molar refractivity (Wildman–Crippen MR) is 35.1 cm³/mol. The van der Waals surface area contributed by atoms with E-state index < -0.39 is 11.5 Å². The van der Waals surface area contributed by atoms with Crippen LogP contribution in [-0.4, -0.2) is 38.7 Å². The topological polar surface area (TPSA) is 60.7 Å². The van der Waals surface area contributed by atoms with Crippen molar-refractivity contribution >= 4 is 11.8 Å². The summed E-state index contributed by atoms with van der Waals surface area (Å²) in [5.41, 5.74) is -0.489. The summed E-state index contributed by atoms with van der Waals surface area (Å²) in [6, 6.07) is 0. The van der Waals surface area contributed by atoms with Crippen LogP contribution in [0.5, 0.6) is 0 Å². The zero-order chi connectivity index (χ0) is 6.85. The normalized spacial score (nSPS) is 43.7. The fourth-order valence-electron chi connectivity index (χ4n) is 0.871. The summed E-state index contributed by atoms with van der Waals surface area (Å²) in [5, 5.41) is 26.3. The molecule has 1 rings (SSSR count). The molecule has 0 aromatic rings. The minimum Gasteiger partial charge on any atom is -0.395 e. The Kier molecular flexibility index (Phi) is 2.35. The average molecular weight is 150 g/mol. The Morgan fingerprint density at radius 3 is 2.33 bits per heavy atom. The molecule has 1 fully saturated rings. The average Bonchev–Trinajstić information content (AvgIpc) is 2.10. The van der Waals surface area contributed by atoms with E-state index in [1.807, 2.05) is 0 Å². The summed E-state index contributed by atoms with van der Waals surface area (Å²) >= 11 is 1.23. The first-order valence-corrected chi connectivity index (χ1v) is 3.80. The highest BCUT2D eigenvalue weighted by Gasteiger charge is 2.31. The zero-order valence-corrected chi connectivity index (χ0v) is 5.71. The summed E-state index contributed by atoms with van der Waals surface area (Å²) in [6.45, 7) is -0.0527. The molecule has 1 aliphatic heterocycles. The smallest absolute Gasteiger partial charge is 0.102 e. The van der Waals surface area contributed by atoms with Crippen LogP contribution in [0.2, 0.25) is 0 Å². The van der Waals surface area contributed by atoms with Gasteiger partial charge in [-0.15, -0.1) is 11.8 Å². The Hall–Kier alpha value is 0.230. The molecule has 1 saturated heterocycles. The van der Waals surface area contributed by atoms with Gasteiger partial charge >= 0.3 is 0 Å². The van der Waals surface area contributed by atoms with Gasteiger partial charge in [-0.1, -0.05) is 0 Å². The number of aliphatic hydroxyl groups is 3. The SMILES string of the molecule is OC[C@H]1S[C@H](O)C[C@@H]1O. The number of thioether (sulfide) groups is 1. The molecule has 3 nitrogen and oxygen atoms in total. The molecular formula is C5H10O3S. The standard InChI is InChI=1S/C5H10O3S/c6-2-4-3(7)1-5(8)9-4/h3-8H,1-2H2/t3-,4+,5-/m0/s1. The maximum absolute atomic E-state index is 9.02. The number of aliphatic hydroxyl groups excluding tert-OH is 3. The largest absolute Gasteiger partial charge is 0.395 e. The van der Waals surface area contributed by atoms with E-state index in [9.17, 15) is 0 Å². The van der Waals surface area contributed by atoms with Crippen LogP contribution >= 0.6 is 11.8 Å². The lowest BCUT2D eigenvalue weighted by Gasteiger charge is -2.07. The van der Waals surface area contributed by atoms with Crippen LogP contribution in [0, 0.1) is 0 Å². The molecule has 0 bridgehead atoms. The Balaban J connectivity index is 2.38.